The number of hydrogen-bond donors (Lipinski definition) is 1. The molecule has 1 aromatic rings. The Labute approximate surface area is 129 Å². The molecule has 1 N–H and O–H groups in total. The van der Waals surface area contributed by atoms with Gasteiger partial charge in [0.2, 0.25) is 0 Å². The van der Waals surface area contributed by atoms with E-state index in [1.807, 2.05) is 19.9 Å². The Balaban J connectivity index is 2.14. The molecule has 116 valence electrons. The summed E-state index contributed by atoms with van der Waals surface area (Å²) in [6.45, 7) is 4.01. The minimum Gasteiger partial charge on any atom is -0.350 e. The van der Waals surface area contributed by atoms with Gasteiger partial charge in [-0.15, -0.1) is 0 Å². The van der Waals surface area contributed by atoms with E-state index < -0.39 is 0 Å². The molecule has 0 bridgehead atoms. The van der Waals surface area contributed by atoms with E-state index >= 15 is 0 Å². The Morgan fingerprint density at radius 1 is 0.905 bits per heavy atom. The van der Waals surface area contributed by atoms with Crippen molar-refractivity contribution < 1.29 is 4.79 Å². The predicted molar refractivity (Wildman–Crippen MR) is 88.8 cm³/mol. The zero-order valence-electron chi connectivity index (χ0n) is 13.6. The molecule has 0 heterocycles. The number of fused-ring (bicyclic) bond motifs is 1. The van der Waals surface area contributed by atoms with E-state index in [0.29, 0.717) is 0 Å². The topological polar surface area (TPSA) is 29.1 Å². The Kier molecular flexibility index (Phi) is 6.28. The van der Waals surface area contributed by atoms with Gasteiger partial charge in [0, 0.05) is 11.6 Å². The zero-order chi connectivity index (χ0) is 15.1. The van der Waals surface area contributed by atoms with Crippen LogP contribution in [0.15, 0.2) is 18.2 Å². The second kappa shape index (κ2) is 8.21. The van der Waals surface area contributed by atoms with Gasteiger partial charge in [-0.2, -0.15) is 0 Å². The van der Waals surface area contributed by atoms with Crippen LogP contribution in [-0.2, 0) is 12.8 Å². The summed E-state index contributed by atoms with van der Waals surface area (Å²) in [5.74, 6) is 0.0575. The quantitative estimate of drug-likeness (QED) is 0.842. The minimum atomic E-state index is 0.0575. The van der Waals surface area contributed by atoms with Crippen molar-refractivity contribution in [2.75, 3.05) is 0 Å². The van der Waals surface area contributed by atoms with Gasteiger partial charge in [-0.3, -0.25) is 4.79 Å². The fraction of sp³-hybridized carbons (Fsp3) is 0.632. The highest BCUT2D eigenvalue weighted by molar-refractivity contribution is 5.94. The summed E-state index contributed by atoms with van der Waals surface area (Å²) in [4.78, 5) is 12.2. The second-order valence-corrected chi connectivity index (χ2v) is 6.59. The molecule has 1 aliphatic carbocycles. The molecule has 21 heavy (non-hydrogen) atoms. The lowest BCUT2D eigenvalue weighted by Crippen LogP contribution is -2.30. The fourth-order valence-corrected chi connectivity index (χ4v) is 3.10. The summed E-state index contributed by atoms with van der Waals surface area (Å²) in [6.07, 6.45) is 11.6. The van der Waals surface area contributed by atoms with Crippen LogP contribution in [0.3, 0.4) is 0 Å². The van der Waals surface area contributed by atoms with E-state index in [2.05, 4.69) is 17.4 Å². The second-order valence-electron chi connectivity index (χ2n) is 6.59. The Bertz CT molecular complexity index is 465. The zero-order valence-corrected chi connectivity index (χ0v) is 13.6. The number of aryl methyl sites for hydroxylation is 2. The monoisotopic (exact) mass is 287 g/mol. The van der Waals surface area contributed by atoms with Crippen LogP contribution in [0.4, 0.5) is 0 Å². The van der Waals surface area contributed by atoms with Gasteiger partial charge in [0.25, 0.3) is 5.91 Å². The standard InChI is InChI=1S/C19H29NO/c1-15(2)20-19(21)18-13-12-16-10-8-6-4-3-5-7-9-11-17(16)14-18/h12-15H,3-11H2,1-2H3,(H,20,21). The van der Waals surface area contributed by atoms with Crippen LogP contribution < -0.4 is 5.32 Å². The minimum absolute atomic E-state index is 0.0575. The molecule has 0 aliphatic heterocycles. The van der Waals surface area contributed by atoms with E-state index in [4.69, 9.17) is 0 Å². The lowest BCUT2D eigenvalue weighted by molar-refractivity contribution is 0.0943. The van der Waals surface area contributed by atoms with Crippen LogP contribution in [0.1, 0.15) is 80.3 Å². The van der Waals surface area contributed by atoms with E-state index in [1.165, 1.54) is 62.5 Å². The summed E-state index contributed by atoms with van der Waals surface area (Å²) in [5, 5.41) is 2.99. The molecule has 0 radical (unpaired) electrons. The van der Waals surface area contributed by atoms with Gasteiger partial charge < -0.3 is 5.32 Å². The lowest BCUT2D eigenvalue weighted by Gasteiger charge is -2.13. The largest absolute Gasteiger partial charge is 0.350 e. The van der Waals surface area contributed by atoms with Gasteiger partial charge in [0.1, 0.15) is 0 Å². The Morgan fingerprint density at radius 3 is 2.10 bits per heavy atom. The summed E-state index contributed by atoms with van der Waals surface area (Å²) in [7, 11) is 0. The predicted octanol–water partition coefficient (Wildman–Crippen LogP) is 4.65. The molecule has 2 rings (SSSR count). The van der Waals surface area contributed by atoms with Crippen LogP contribution >= 0.6 is 0 Å². The maximum Gasteiger partial charge on any atom is 0.251 e. The van der Waals surface area contributed by atoms with Crippen LogP contribution in [0, 0.1) is 0 Å². The van der Waals surface area contributed by atoms with Crippen molar-refractivity contribution in [3.8, 4) is 0 Å². The normalized spacial score (nSPS) is 16.9. The molecule has 1 aromatic carbocycles. The Morgan fingerprint density at radius 2 is 1.48 bits per heavy atom. The van der Waals surface area contributed by atoms with Crippen molar-refractivity contribution >= 4 is 5.91 Å². The number of carbonyl (C=O) groups is 1. The van der Waals surface area contributed by atoms with Crippen LogP contribution in [0.2, 0.25) is 0 Å². The van der Waals surface area contributed by atoms with Crippen molar-refractivity contribution in [1.82, 2.24) is 5.32 Å². The molecule has 2 heteroatoms. The molecule has 0 aromatic heterocycles. The maximum atomic E-state index is 12.2. The van der Waals surface area contributed by atoms with Crippen LogP contribution in [0.25, 0.3) is 0 Å². The number of rotatable bonds is 2. The third-order valence-electron chi connectivity index (χ3n) is 4.28. The lowest BCUT2D eigenvalue weighted by atomic mass is 9.95. The molecule has 0 unspecified atom stereocenters. The fourth-order valence-electron chi connectivity index (χ4n) is 3.10. The van der Waals surface area contributed by atoms with Gasteiger partial charge in [0.05, 0.1) is 0 Å². The average Bonchev–Trinajstić information content (AvgIpc) is 2.50. The highest BCUT2D eigenvalue weighted by atomic mass is 16.1. The number of hydrogen-bond acceptors (Lipinski definition) is 1. The molecule has 0 saturated heterocycles. The summed E-state index contributed by atoms with van der Waals surface area (Å²) < 4.78 is 0. The number of carbonyl (C=O) groups excluding carboxylic acids is 1. The molecule has 1 aliphatic rings. The van der Waals surface area contributed by atoms with Gasteiger partial charge >= 0.3 is 0 Å². The van der Waals surface area contributed by atoms with Crippen LogP contribution in [-0.4, -0.2) is 11.9 Å². The summed E-state index contributed by atoms with van der Waals surface area (Å²) >= 11 is 0. The van der Waals surface area contributed by atoms with Gasteiger partial charge in [0.15, 0.2) is 0 Å². The van der Waals surface area contributed by atoms with E-state index in [1.54, 1.807) is 0 Å². The molecule has 0 spiro atoms. The summed E-state index contributed by atoms with van der Waals surface area (Å²) in [6, 6.07) is 6.50. The molecule has 1 amide bonds. The first-order valence-corrected chi connectivity index (χ1v) is 8.59. The van der Waals surface area contributed by atoms with Crippen LogP contribution in [0.5, 0.6) is 0 Å². The highest BCUT2D eigenvalue weighted by Crippen LogP contribution is 2.21. The maximum absolute atomic E-state index is 12.2. The van der Waals surface area contributed by atoms with E-state index in [0.717, 1.165) is 12.0 Å². The first kappa shape index (κ1) is 16.1. The molecule has 2 nitrogen and oxygen atoms in total. The third kappa shape index (κ3) is 5.18. The SMILES string of the molecule is CC(C)NC(=O)c1ccc2c(c1)CCCCCCCCC2. The van der Waals surface area contributed by atoms with E-state index in [9.17, 15) is 4.79 Å². The van der Waals surface area contributed by atoms with Gasteiger partial charge in [-0.25, -0.2) is 0 Å². The van der Waals surface area contributed by atoms with Crippen molar-refractivity contribution in [2.45, 2.75) is 77.7 Å². The highest BCUT2D eigenvalue weighted by Gasteiger charge is 2.11. The smallest absolute Gasteiger partial charge is 0.251 e. The van der Waals surface area contributed by atoms with Gasteiger partial charge in [-0.1, -0.05) is 38.2 Å². The van der Waals surface area contributed by atoms with E-state index in [-0.39, 0.29) is 11.9 Å². The number of benzene rings is 1. The van der Waals surface area contributed by atoms with Crippen molar-refractivity contribution in [3.05, 3.63) is 34.9 Å². The molecular formula is C19H29NO. The third-order valence-corrected chi connectivity index (χ3v) is 4.28. The summed E-state index contributed by atoms with van der Waals surface area (Å²) in [5.41, 5.74) is 3.67. The first-order valence-electron chi connectivity index (χ1n) is 8.59. The van der Waals surface area contributed by atoms with Gasteiger partial charge in [-0.05, 0) is 62.8 Å². The first-order chi connectivity index (χ1) is 10.2. The number of amides is 1. The molecule has 0 fully saturated rings. The molecular weight excluding hydrogens is 258 g/mol. The van der Waals surface area contributed by atoms with Crippen molar-refractivity contribution in [3.63, 3.8) is 0 Å². The van der Waals surface area contributed by atoms with Crippen molar-refractivity contribution in [1.29, 1.82) is 0 Å². The average molecular weight is 287 g/mol. The Hall–Kier alpha value is -1.31. The molecule has 0 saturated carbocycles. The number of nitrogens with one attached hydrogen (secondary N) is 1. The molecule has 0 atom stereocenters. The van der Waals surface area contributed by atoms with Crippen molar-refractivity contribution in [2.24, 2.45) is 0 Å².